The fourth-order valence-corrected chi connectivity index (χ4v) is 2.83. The number of carbonyl (C=O) groups is 1. The minimum Gasteiger partial charge on any atom is -0.469 e. The van der Waals surface area contributed by atoms with Crippen LogP contribution in [0.1, 0.15) is 18.4 Å². The van der Waals surface area contributed by atoms with E-state index in [0.29, 0.717) is 6.42 Å². The van der Waals surface area contributed by atoms with Crippen LogP contribution in [0.4, 0.5) is 0 Å². The Morgan fingerprint density at radius 1 is 1.47 bits per heavy atom. The molecule has 0 aliphatic carbocycles. The van der Waals surface area contributed by atoms with Crippen LogP contribution in [0.3, 0.4) is 0 Å². The molecule has 1 aromatic carbocycles. The Kier molecular flexibility index (Phi) is 3.74. The van der Waals surface area contributed by atoms with Crippen LogP contribution in [0, 0.1) is 5.92 Å². The summed E-state index contributed by atoms with van der Waals surface area (Å²) in [5.41, 5.74) is 1.01. The van der Waals surface area contributed by atoms with Crippen LogP contribution in [0.5, 0.6) is 0 Å². The van der Waals surface area contributed by atoms with E-state index >= 15 is 0 Å². The molecule has 2 rings (SSSR count). The summed E-state index contributed by atoms with van der Waals surface area (Å²) in [5.74, 6) is -0.229. The Balaban J connectivity index is 2.19. The number of methoxy groups -OCH3 is 1. The van der Waals surface area contributed by atoms with E-state index < -0.39 is 0 Å². The number of esters is 1. The van der Waals surface area contributed by atoms with Gasteiger partial charge in [0.05, 0.1) is 28.3 Å². The van der Waals surface area contributed by atoms with Gasteiger partial charge in [0.25, 0.3) is 0 Å². The molecule has 17 heavy (non-hydrogen) atoms. The van der Waals surface area contributed by atoms with Crippen LogP contribution in [0.25, 0.3) is 10.2 Å². The van der Waals surface area contributed by atoms with Crippen molar-refractivity contribution in [2.45, 2.75) is 19.8 Å². The Morgan fingerprint density at radius 3 is 2.88 bits per heavy atom. The van der Waals surface area contributed by atoms with E-state index in [1.807, 2.05) is 25.1 Å². The summed E-state index contributed by atoms with van der Waals surface area (Å²) in [5, 5.41) is 1.00. The summed E-state index contributed by atoms with van der Waals surface area (Å²) in [6.45, 7) is 1.99. The second kappa shape index (κ2) is 5.27. The largest absolute Gasteiger partial charge is 0.469 e. The SMILES string of the molecule is CCC(Cc1nc2ccccc2s1)C(=O)OC. The lowest BCUT2D eigenvalue weighted by Gasteiger charge is -2.09. The van der Waals surface area contributed by atoms with E-state index in [0.717, 1.165) is 16.9 Å². The zero-order valence-corrected chi connectivity index (χ0v) is 10.8. The number of nitrogens with zero attached hydrogens (tertiary/aromatic N) is 1. The van der Waals surface area contributed by atoms with E-state index in [9.17, 15) is 4.79 Å². The molecule has 0 saturated carbocycles. The average molecular weight is 249 g/mol. The fourth-order valence-electron chi connectivity index (χ4n) is 1.78. The molecule has 0 N–H and O–H groups in total. The van der Waals surface area contributed by atoms with Gasteiger partial charge in [0, 0.05) is 6.42 Å². The molecular weight excluding hydrogens is 234 g/mol. The van der Waals surface area contributed by atoms with Crippen molar-refractivity contribution in [1.29, 1.82) is 0 Å². The van der Waals surface area contributed by atoms with Gasteiger partial charge in [-0.25, -0.2) is 4.98 Å². The molecule has 1 aromatic heterocycles. The minimum atomic E-state index is -0.147. The number of rotatable bonds is 4. The van der Waals surface area contributed by atoms with Gasteiger partial charge in [-0.3, -0.25) is 4.79 Å². The first kappa shape index (κ1) is 12.0. The third kappa shape index (κ3) is 2.64. The number of hydrogen-bond donors (Lipinski definition) is 0. The van der Waals surface area contributed by atoms with Crippen molar-refractivity contribution in [3.05, 3.63) is 29.3 Å². The van der Waals surface area contributed by atoms with Crippen LogP contribution in [-0.2, 0) is 16.0 Å². The molecule has 1 heterocycles. The van der Waals surface area contributed by atoms with Crippen LogP contribution in [0.2, 0.25) is 0 Å². The minimum absolute atomic E-state index is 0.0828. The highest BCUT2D eigenvalue weighted by atomic mass is 32.1. The Hall–Kier alpha value is -1.42. The van der Waals surface area contributed by atoms with E-state index in [4.69, 9.17) is 4.74 Å². The lowest BCUT2D eigenvalue weighted by atomic mass is 10.0. The van der Waals surface area contributed by atoms with Crippen molar-refractivity contribution < 1.29 is 9.53 Å². The number of ether oxygens (including phenoxy) is 1. The predicted molar refractivity (Wildman–Crippen MR) is 69.1 cm³/mol. The number of hydrogen-bond acceptors (Lipinski definition) is 4. The molecule has 4 heteroatoms. The number of thiazole rings is 1. The number of fused-ring (bicyclic) bond motifs is 1. The van der Waals surface area contributed by atoms with Gasteiger partial charge < -0.3 is 4.74 Å². The van der Waals surface area contributed by atoms with Crippen LogP contribution >= 0.6 is 11.3 Å². The lowest BCUT2D eigenvalue weighted by molar-refractivity contribution is -0.145. The summed E-state index contributed by atoms with van der Waals surface area (Å²) < 4.78 is 5.96. The summed E-state index contributed by atoms with van der Waals surface area (Å²) in [6.07, 6.45) is 1.45. The van der Waals surface area contributed by atoms with E-state index in [-0.39, 0.29) is 11.9 Å². The first-order valence-electron chi connectivity index (χ1n) is 5.67. The third-order valence-corrected chi connectivity index (χ3v) is 3.85. The predicted octanol–water partition coefficient (Wildman–Crippen LogP) is 3.04. The molecule has 90 valence electrons. The van der Waals surface area contributed by atoms with Crippen molar-refractivity contribution in [3.63, 3.8) is 0 Å². The number of benzene rings is 1. The molecule has 0 radical (unpaired) electrons. The van der Waals surface area contributed by atoms with Gasteiger partial charge >= 0.3 is 5.97 Å². The summed E-state index contributed by atoms with van der Waals surface area (Å²) >= 11 is 1.65. The van der Waals surface area contributed by atoms with Gasteiger partial charge in [0.2, 0.25) is 0 Å². The van der Waals surface area contributed by atoms with Gasteiger partial charge in [-0.15, -0.1) is 11.3 Å². The number of para-hydroxylation sites is 1. The molecule has 3 nitrogen and oxygen atoms in total. The molecule has 0 amide bonds. The molecule has 1 atom stereocenters. The van der Waals surface area contributed by atoms with E-state index in [2.05, 4.69) is 11.1 Å². The van der Waals surface area contributed by atoms with Gasteiger partial charge in [-0.2, -0.15) is 0 Å². The second-order valence-corrected chi connectivity index (χ2v) is 5.02. The monoisotopic (exact) mass is 249 g/mol. The molecular formula is C13H15NO2S. The van der Waals surface area contributed by atoms with Crippen molar-refractivity contribution >= 4 is 27.5 Å². The van der Waals surface area contributed by atoms with Crippen molar-refractivity contribution in [1.82, 2.24) is 4.98 Å². The first-order chi connectivity index (χ1) is 8.24. The van der Waals surface area contributed by atoms with Gasteiger partial charge in [-0.1, -0.05) is 19.1 Å². The third-order valence-electron chi connectivity index (χ3n) is 2.79. The number of aromatic nitrogens is 1. The highest BCUT2D eigenvalue weighted by Crippen LogP contribution is 2.24. The molecule has 0 fully saturated rings. The highest BCUT2D eigenvalue weighted by Gasteiger charge is 2.19. The lowest BCUT2D eigenvalue weighted by Crippen LogP contribution is -2.17. The molecule has 1 unspecified atom stereocenters. The maximum Gasteiger partial charge on any atom is 0.309 e. The van der Waals surface area contributed by atoms with Crippen molar-refractivity contribution in [2.24, 2.45) is 5.92 Å². The fraction of sp³-hybridized carbons (Fsp3) is 0.385. The maximum absolute atomic E-state index is 11.5. The summed E-state index contributed by atoms with van der Waals surface area (Å²) in [7, 11) is 1.43. The average Bonchev–Trinajstić information content (AvgIpc) is 2.77. The molecule has 0 aliphatic rings. The van der Waals surface area contributed by atoms with Gasteiger partial charge in [-0.05, 0) is 18.6 Å². The van der Waals surface area contributed by atoms with Crippen molar-refractivity contribution in [2.75, 3.05) is 7.11 Å². The Labute approximate surface area is 104 Å². The van der Waals surface area contributed by atoms with Crippen LogP contribution in [-0.4, -0.2) is 18.1 Å². The smallest absolute Gasteiger partial charge is 0.309 e. The van der Waals surface area contributed by atoms with E-state index in [1.54, 1.807) is 11.3 Å². The second-order valence-electron chi connectivity index (χ2n) is 3.91. The maximum atomic E-state index is 11.5. The standard InChI is InChI=1S/C13H15NO2S/c1-3-9(13(15)16-2)8-12-14-10-6-4-5-7-11(10)17-12/h4-7,9H,3,8H2,1-2H3. The first-order valence-corrected chi connectivity index (χ1v) is 6.48. The summed E-state index contributed by atoms with van der Waals surface area (Å²) in [6, 6.07) is 8.02. The van der Waals surface area contributed by atoms with E-state index in [1.165, 1.54) is 11.8 Å². The Bertz CT molecular complexity index is 488. The molecule has 2 aromatic rings. The quantitative estimate of drug-likeness (QED) is 0.782. The van der Waals surface area contributed by atoms with Crippen LogP contribution in [0.15, 0.2) is 24.3 Å². The molecule has 0 aliphatic heterocycles. The zero-order valence-electron chi connectivity index (χ0n) is 9.97. The van der Waals surface area contributed by atoms with Crippen LogP contribution < -0.4 is 0 Å². The molecule has 0 spiro atoms. The Morgan fingerprint density at radius 2 is 2.24 bits per heavy atom. The topological polar surface area (TPSA) is 39.2 Å². The van der Waals surface area contributed by atoms with Gasteiger partial charge in [0.15, 0.2) is 0 Å². The van der Waals surface area contributed by atoms with Gasteiger partial charge in [0.1, 0.15) is 0 Å². The normalized spacial score (nSPS) is 12.6. The molecule has 0 saturated heterocycles. The number of carbonyl (C=O) groups excluding carboxylic acids is 1. The highest BCUT2D eigenvalue weighted by molar-refractivity contribution is 7.18. The molecule has 0 bridgehead atoms. The zero-order chi connectivity index (χ0) is 12.3. The summed E-state index contributed by atoms with van der Waals surface area (Å²) in [4.78, 5) is 16.0. The van der Waals surface area contributed by atoms with Crippen molar-refractivity contribution in [3.8, 4) is 0 Å².